The second-order valence-electron chi connectivity index (χ2n) is 7.43. The smallest absolute Gasteiger partial charge is 0.215 e. The van der Waals surface area contributed by atoms with Crippen LogP contribution in [-0.2, 0) is 33.5 Å². The van der Waals surface area contributed by atoms with Gasteiger partial charge in [0.05, 0.1) is 24.6 Å². The van der Waals surface area contributed by atoms with E-state index < -0.39 is 10.0 Å². The van der Waals surface area contributed by atoms with Gasteiger partial charge in [-0.15, -0.1) is 0 Å². The van der Waals surface area contributed by atoms with Crippen molar-refractivity contribution in [3.05, 3.63) is 88.7 Å². The van der Waals surface area contributed by atoms with Crippen LogP contribution in [0.3, 0.4) is 0 Å². The van der Waals surface area contributed by atoms with Crippen molar-refractivity contribution in [3.8, 4) is 0 Å². The molecule has 152 valence electrons. The van der Waals surface area contributed by atoms with Gasteiger partial charge in [-0.2, -0.15) is 5.10 Å². The van der Waals surface area contributed by atoms with Crippen molar-refractivity contribution >= 4 is 10.0 Å². The van der Waals surface area contributed by atoms with Gasteiger partial charge in [0.25, 0.3) is 0 Å². The van der Waals surface area contributed by atoms with Crippen molar-refractivity contribution in [3.63, 3.8) is 0 Å². The fourth-order valence-electron chi connectivity index (χ4n) is 3.50. The lowest BCUT2D eigenvalue weighted by Gasteiger charge is -2.22. The van der Waals surface area contributed by atoms with Crippen molar-refractivity contribution in [1.29, 1.82) is 0 Å². The van der Waals surface area contributed by atoms with Gasteiger partial charge in [-0.1, -0.05) is 60.2 Å². The average molecular weight is 412 g/mol. The molecule has 1 atom stereocenters. The van der Waals surface area contributed by atoms with E-state index in [4.69, 9.17) is 4.74 Å². The summed E-state index contributed by atoms with van der Waals surface area (Å²) in [6.45, 7) is 3.41. The van der Waals surface area contributed by atoms with Gasteiger partial charge in [-0.3, -0.25) is 4.68 Å². The van der Waals surface area contributed by atoms with Crippen LogP contribution in [-0.4, -0.2) is 31.3 Å². The molecule has 1 aliphatic heterocycles. The third-order valence-electron chi connectivity index (χ3n) is 5.02. The van der Waals surface area contributed by atoms with Gasteiger partial charge in [-0.25, -0.2) is 13.1 Å². The third-order valence-corrected chi connectivity index (χ3v) is 6.34. The number of hydrogen-bond acceptors (Lipinski definition) is 4. The molecule has 2 heterocycles. The number of benzene rings is 2. The lowest BCUT2D eigenvalue weighted by molar-refractivity contribution is 0.0430. The zero-order chi connectivity index (χ0) is 20.3. The summed E-state index contributed by atoms with van der Waals surface area (Å²) in [6, 6.07) is 17.7. The molecule has 4 rings (SSSR count). The molecule has 0 spiro atoms. The fourth-order valence-corrected chi connectivity index (χ4v) is 4.63. The summed E-state index contributed by atoms with van der Waals surface area (Å²) in [5, 5.41) is 4.68. The number of rotatable bonds is 7. The van der Waals surface area contributed by atoms with Crippen molar-refractivity contribution in [1.82, 2.24) is 14.5 Å². The molecular weight excluding hydrogens is 386 g/mol. The first-order valence-electron chi connectivity index (χ1n) is 9.73. The predicted molar refractivity (Wildman–Crippen MR) is 112 cm³/mol. The highest BCUT2D eigenvalue weighted by Gasteiger charge is 2.26. The number of aromatic nitrogens is 2. The Morgan fingerprint density at radius 1 is 1.10 bits per heavy atom. The predicted octanol–water partition coefficient (Wildman–Crippen LogP) is 2.97. The molecule has 0 bridgehead atoms. The van der Waals surface area contributed by atoms with Crippen LogP contribution in [0.15, 0.2) is 60.8 Å². The van der Waals surface area contributed by atoms with Crippen molar-refractivity contribution in [2.45, 2.75) is 31.7 Å². The molecule has 0 aliphatic carbocycles. The molecule has 2 aromatic carbocycles. The van der Waals surface area contributed by atoms with Crippen molar-refractivity contribution in [2.75, 3.05) is 13.2 Å². The Morgan fingerprint density at radius 3 is 2.62 bits per heavy atom. The van der Waals surface area contributed by atoms with Gasteiger partial charge >= 0.3 is 0 Å². The standard InChI is InChI=1S/C22H25N3O3S/c1-17-7-9-19(10-8-17)16-29(26,27)23-13-21-22-20(11-12-28-21)15-25(24-22)14-18-5-3-2-4-6-18/h2-10,15,21,23H,11-14,16H2,1H3. The number of ether oxygens (including phenoxy) is 1. The second kappa shape index (κ2) is 8.49. The van der Waals surface area contributed by atoms with Gasteiger partial charge in [0.15, 0.2) is 0 Å². The number of aryl methyl sites for hydroxylation is 1. The lowest BCUT2D eigenvalue weighted by atomic mass is 10.1. The Morgan fingerprint density at radius 2 is 1.86 bits per heavy atom. The van der Waals surface area contributed by atoms with E-state index in [0.717, 1.165) is 28.8 Å². The monoisotopic (exact) mass is 411 g/mol. The minimum absolute atomic E-state index is 0.0463. The molecule has 0 saturated heterocycles. The minimum atomic E-state index is -3.46. The first kappa shape index (κ1) is 19.8. The number of fused-ring (bicyclic) bond motifs is 1. The Bertz CT molecular complexity index is 1060. The fraction of sp³-hybridized carbons (Fsp3) is 0.318. The van der Waals surface area contributed by atoms with Crippen LogP contribution in [0.4, 0.5) is 0 Å². The maximum atomic E-state index is 12.5. The second-order valence-corrected chi connectivity index (χ2v) is 9.23. The van der Waals surface area contributed by atoms with E-state index in [1.54, 1.807) is 0 Å². The highest BCUT2D eigenvalue weighted by Crippen LogP contribution is 2.26. The van der Waals surface area contributed by atoms with E-state index in [1.165, 1.54) is 5.56 Å². The van der Waals surface area contributed by atoms with E-state index in [9.17, 15) is 8.42 Å². The third kappa shape index (κ3) is 5.12. The lowest BCUT2D eigenvalue weighted by Crippen LogP contribution is -2.32. The van der Waals surface area contributed by atoms with Gasteiger partial charge in [0.2, 0.25) is 10.0 Å². The van der Waals surface area contributed by atoms with Crippen LogP contribution in [0.2, 0.25) is 0 Å². The van der Waals surface area contributed by atoms with Gasteiger partial charge < -0.3 is 4.74 Å². The molecule has 1 unspecified atom stereocenters. The van der Waals surface area contributed by atoms with Crippen LogP contribution in [0.5, 0.6) is 0 Å². The Kier molecular flexibility index (Phi) is 5.80. The Balaban J connectivity index is 1.42. The van der Waals surface area contributed by atoms with E-state index >= 15 is 0 Å². The molecule has 3 aromatic rings. The average Bonchev–Trinajstić information content (AvgIpc) is 3.12. The highest BCUT2D eigenvalue weighted by atomic mass is 32.2. The molecule has 0 saturated carbocycles. The molecule has 1 N–H and O–H groups in total. The molecule has 6 nitrogen and oxygen atoms in total. The Labute approximate surface area is 171 Å². The Hall–Kier alpha value is -2.48. The van der Waals surface area contributed by atoms with Crippen LogP contribution < -0.4 is 4.72 Å². The topological polar surface area (TPSA) is 73.2 Å². The van der Waals surface area contributed by atoms with Crippen LogP contribution in [0.25, 0.3) is 0 Å². The zero-order valence-corrected chi connectivity index (χ0v) is 17.2. The molecule has 7 heteroatoms. The van der Waals surface area contributed by atoms with E-state index in [2.05, 4.69) is 22.0 Å². The van der Waals surface area contributed by atoms with Crippen molar-refractivity contribution < 1.29 is 13.2 Å². The van der Waals surface area contributed by atoms with Crippen LogP contribution >= 0.6 is 0 Å². The summed E-state index contributed by atoms with van der Waals surface area (Å²) < 4.78 is 35.4. The minimum Gasteiger partial charge on any atom is -0.370 e. The van der Waals surface area contributed by atoms with Crippen molar-refractivity contribution in [2.24, 2.45) is 0 Å². The molecular formula is C22H25N3O3S. The summed E-state index contributed by atoms with van der Waals surface area (Å²) in [4.78, 5) is 0. The number of sulfonamides is 1. The molecule has 0 amide bonds. The summed E-state index contributed by atoms with van der Waals surface area (Å²) >= 11 is 0. The summed E-state index contributed by atoms with van der Waals surface area (Å²) in [7, 11) is -3.46. The first-order valence-corrected chi connectivity index (χ1v) is 11.4. The van der Waals surface area contributed by atoms with E-state index in [1.807, 2.05) is 60.3 Å². The molecule has 1 aliphatic rings. The summed E-state index contributed by atoms with van der Waals surface area (Å²) in [5.41, 5.74) is 4.98. The van der Waals surface area contributed by atoms with Gasteiger partial charge in [0.1, 0.15) is 6.10 Å². The molecule has 0 fully saturated rings. The summed E-state index contributed by atoms with van der Waals surface area (Å²) in [6.07, 6.45) is 2.46. The van der Waals surface area contributed by atoms with Crippen LogP contribution in [0, 0.1) is 6.92 Å². The molecule has 1 aromatic heterocycles. The highest BCUT2D eigenvalue weighted by molar-refractivity contribution is 7.88. The maximum absolute atomic E-state index is 12.5. The molecule has 29 heavy (non-hydrogen) atoms. The summed E-state index contributed by atoms with van der Waals surface area (Å²) in [5.74, 6) is -0.0463. The van der Waals surface area contributed by atoms with Gasteiger partial charge in [0, 0.05) is 12.7 Å². The number of hydrogen-bond donors (Lipinski definition) is 1. The van der Waals surface area contributed by atoms with E-state index in [-0.39, 0.29) is 18.4 Å². The largest absolute Gasteiger partial charge is 0.370 e. The maximum Gasteiger partial charge on any atom is 0.215 e. The van der Waals surface area contributed by atoms with Crippen LogP contribution in [0.1, 0.15) is 34.1 Å². The number of nitrogens with one attached hydrogen (secondary N) is 1. The molecule has 0 radical (unpaired) electrons. The number of nitrogens with zero attached hydrogens (tertiary/aromatic N) is 2. The zero-order valence-electron chi connectivity index (χ0n) is 16.4. The quantitative estimate of drug-likeness (QED) is 0.649. The normalized spacial score (nSPS) is 16.5. The van der Waals surface area contributed by atoms with Gasteiger partial charge in [-0.05, 0) is 30.0 Å². The first-order chi connectivity index (χ1) is 14.0. The van der Waals surface area contributed by atoms with E-state index in [0.29, 0.717) is 13.2 Å². The SMILES string of the molecule is Cc1ccc(CS(=O)(=O)NCC2OCCc3cn(Cc4ccccc4)nc32)cc1.